The standard InChI is InChI=1S/C25H26Cl2N4O3S/c1-16(2)13-31(24(34)20-9-8-18(26)10-21(20)27)14-23(33)30-25-29-19(15-35-25)11-22(32)28-12-17-6-4-3-5-7-17/h3-10,15-16H,11-14H2,1-2H3,(H,28,32)(H,29,30,33). The van der Waals surface area contributed by atoms with Crippen LogP contribution in [0.1, 0.15) is 35.5 Å². The van der Waals surface area contributed by atoms with Crippen molar-refractivity contribution in [1.29, 1.82) is 0 Å². The number of thiazole rings is 1. The molecule has 0 aliphatic carbocycles. The number of anilines is 1. The summed E-state index contributed by atoms with van der Waals surface area (Å²) in [6.45, 7) is 4.55. The highest BCUT2D eigenvalue weighted by molar-refractivity contribution is 7.13. The molecule has 2 N–H and O–H groups in total. The van der Waals surface area contributed by atoms with Crippen molar-refractivity contribution in [3.63, 3.8) is 0 Å². The lowest BCUT2D eigenvalue weighted by Crippen LogP contribution is -2.40. The zero-order valence-corrected chi connectivity index (χ0v) is 21.7. The summed E-state index contributed by atoms with van der Waals surface area (Å²) in [5, 5.41) is 8.31. The van der Waals surface area contributed by atoms with Gasteiger partial charge in [-0.25, -0.2) is 4.98 Å². The fourth-order valence-corrected chi connectivity index (χ4v) is 4.51. The number of halogens is 2. The third-order valence-corrected chi connectivity index (χ3v) is 6.20. The number of amides is 3. The second kappa shape index (κ2) is 12.7. The quantitative estimate of drug-likeness (QED) is 0.382. The first-order chi connectivity index (χ1) is 16.7. The highest BCUT2D eigenvalue weighted by Crippen LogP contribution is 2.23. The molecule has 0 radical (unpaired) electrons. The molecule has 0 aliphatic rings. The van der Waals surface area contributed by atoms with Gasteiger partial charge in [0.2, 0.25) is 11.8 Å². The number of nitrogens with one attached hydrogen (secondary N) is 2. The normalized spacial score (nSPS) is 10.8. The summed E-state index contributed by atoms with van der Waals surface area (Å²) in [5.41, 5.74) is 1.84. The molecule has 0 aliphatic heterocycles. The van der Waals surface area contributed by atoms with Crippen LogP contribution >= 0.6 is 34.5 Å². The number of aromatic nitrogens is 1. The molecule has 3 amide bonds. The molecule has 0 atom stereocenters. The van der Waals surface area contributed by atoms with Crippen LogP contribution < -0.4 is 10.6 Å². The van der Waals surface area contributed by atoms with E-state index in [1.54, 1.807) is 17.5 Å². The van der Waals surface area contributed by atoms with E-state index < -0.39 is 5.91 Å². The third-order valence-electron chi connectivity index (χ3n) is 4.84. The maximum atomic E-state index is 13.1. The summed E-state index contributed by atoms with van der Waals surface area (Å²) in [6, 6.07) is 14.2. The molecule has 1 aromatic heterocycles. The average Bonchev–Trinajstić information content (AvgIpc) is 3.23. The first-order valence-corrected chi connectivity index (χ1v) is 12.6. The number of benzene rings is 2. The Morgan fingerprint density at radius 1 is 1.06 bits per heavy atom. The predicted octanol–water partition coefficient (Wildman–Crippen LogP) is 5.05. The smallest absolute Gasteiger partial charge is 0.255 e. The summed E-state index contributed by atoms with van der Waals surface area (Å²) in [6.07, 6.45) is 0.103. The van der Waals surface area contributed by atoms with E-state index in [0.29, 0.717) is 28.9 Å². The van der Waals surface area contributed by atoms with Crippen LogP contribution in [0.15, 0.2) is 53.9 Å². The number of nitrogens with zero attached hydrogens (tertiary/aromatic N) is 2. The van der Waals surface area contributed by atoms with Gasteiger partial charge >= 0.3 is 0 Å². The lowest BCUT2D eigenvalue weighted by molar-refractivity contribution is -0.120. The maximum Gasteiger partial charge on any atom is 0.255 e. The Hall–Kier alpha value is -2.94. The lowest BCUT2D eigenvalue weighted by atomic mass is 10.1. The van der Waals surface area contributed by atoms with Gasteiger partial charge in [0.25, 0.3) is 5.91 Å². The Morgan fingerprint density at radius 3 is 2.49 bits per heavy atom. The van der Waals surface area contributed by atoms with Crippen molar-refractivity contribution in [2.24, 2.45) is 5.92 Å². The van der Waals surface area contributed by atoms with Crippen molar-refractivity contribution in [3.8, 4) is 0 Å². The van der Waals surface area contributed by atoms with E-state index in [1.807, 2.05) is 44.2 Å². The molecule has 0 unspecified atom stereocenters. The van der Waals surface area contributed by atoms with Gasteiger partial charge in [-0.1, -0.05) is 67.4 Å². The molecule has 7 nitrogen and oxygen atoms in total. The molecule has 3 rings (SSSR count). The molecule has 0 fully saturated rings. The Morgan fingerprint density at radius 2 is 1.80 bits per heavy atom. The molecule has 0 spiro atoms. The third kappa shape index (κ3) is 8.35. The highest BCUT2D eigenvalue weighted by Gasteiger charge is 2.22. The summed E-state index contributed by atoms with van der Waals surface area (Å²) >= 11 is 13.4. The Bertz CT molecular complexity index is 1180. The van der Waals surface area contributed by atoms with Crippen molar-refractivity contribution in [2.75, 3.05) is 18.4 Å². The van der Waals surface area contributed by atoms with Crippen molar-refractivity contribution in [2.45, 2.75) is 26.8 Å². The molecule has 0 bridgehead atoms. The largest absolute Gasteiger partial charge is 0.352 e. The van der Waals surface area contributed by atoms with E-state index in [9.17, 15) is 14.4 Å². The van der Waals surface area contributed by atoms with E-state index in [1.165, 1.54) is 22.3 Å². The fraction of sp³-hybridized carbons (Fsp3) is 0.280. The molecule has 3 aromatic rings. The minimum atomic E-state index is -0.390. The molecular weight excluding hydrogens is 507 g/mol. The molecule has 2 aromatic carbocycles. The van der Waals surface area contributed by atoms with E-state index in [4.69, 9.17) is 23.2 Å². The first kappa shape index (κ1) is 26.7. The second-order valence-corrected chi connectivity index (χ2v) is 10.0. The highest BCUT2D eigenvalue weighted by atomic mass is 35.5. The van der Waals surface area contributed by atoms with Crippen LogP contribution in [-0.4, -0.2) is 40.7 Å². The lowest BCUT2D eigenvalue weighted by Gasteiger charge is -2.24. The van der Waals surface area contributed by atoms with E-state index >= 15 is 0 Å². The number of carbonyl (C=O) groups excluding carboxylic acids is 3. The minimum absolute atomic E-state index is 0.103. The summed E-state index contributed by atoms with van der Waals surface area (Å²) < 4.78 is 0. The van der Waals surface area contributed by atoms with Crippen LogP contribution in [0.5, 0.6) is 0 Å². The molecule has 184 valence electrons. The van der Waals surface area contributed by atoms with Gasteiger partial charge in [0.15, 0.2) is 5.13 Å². The molecule has 0 saturated carbocycles. The topological polar surface area (TPSA) is 91.4 Å². The van der Waals surface area contributed by atoms with Gasteiger partial charge in [-0.15, -0.1) is 11.3 Å². The number of rotatable bonds is 10. The zero-order valence-electron chi connectivity index (χ0n) is 19.4. The predicted molar refractivity (Wildman–Crippen MR) is 140 cm³/mol. The minimum Gasteiger partial charge on any atom is -0.352 e. The molecule has 10 heteroatoms. The second-order valence-electron chi connectivity index (χ2n) is 8.33. The van der Waals surface area contributed by atoms with Crippen molar-refractivity contribution < 1.29 is 14.4 Å². The SMILES string of the molecule is CC(C)CN(CC(=O)Nc1nc(CC(=O)NCc2ccccc2)cs1)C(=O)c1ccc(Cl)cc1Cl. The van der Waals surface area contributed by atoms with E-state index in [-0.39, 0.29) is 41.3 Å². The molecule has 35 heavy (non-hydrogen) atoms. The first-order valence-electron chi connectivity index (χ1n) is 11.0. The Kier molecular flexibility index (Phi) is 9.65. The summed E-state index contributed by atoms with van der Waals surface area (Å²) in [7, 11) is 0. The van der Waals surface area contributed by atoms with Crippen LogP contribution in [-0.2, 0) is 22.6 Å². The Labute approximate surface area is 218 Å². The van der Waals surface area contributed by atoms with Crippen LogP contribution in [0, 0.1) is 5.92 Å². The van der Waals surface area contributed by atoms with Gasteiger partial charge < -0.3 is 15.5 Å². The number of hydrogen-bond donors (Lipinski definition) is 2. The van der Waals surface area contributed by atoms with Gasteiger partial charge in [-0.2, -0.15) is 0 Å². The fourth-order valence-electron chi connectivity index (χ4n) is 3.29. The van der Waals surface area contributed by atoms with Crippen LogP contribution in [0.2, 0.25) is 10.0 Å². The van der Waals surface area contributed by atoms with Gasteiger partial charge in [-0.3, -0.25) is 14.4 Å². The van der Waals surface area contributed by atoms with Crippen molar-refractivity contribution in [1.82, 2.24) is 15.2 Å². The molecular formula is C25H26Cl2N4O3S. The van der Waals surface area contributed by atoms with Crippen LogP contribution in [0.25, 0.3) is 0 Å². The van der Waals surface area contributed by atoms with Gasteiger partial charge in [0.05, 0.1) is 22.7 Å². The molecule has 1 heterocycles. The maximum absolute atomic E-state index is 13.1. The number of hydrogen-bond acceptors (Lipinski definition) is 5. The summed E-state index contributed by atoms with van der Waals surface area (Å²) in [4.78, 5) is 43.7. The van der Waals surface area contributed by atoms with Gasteiger partial charge in [0.1, 0.15) is 6.54 Å². The van der Waals surface area contributed by atoms with Crippen molar-refractivity contribution in [3.05, 3.63) is 80.8 Å². The Balaban J connectivity index is 1.56. The monoisotopic (exact) mass is 532 g/mol. The summed E-state index contributed by atoms with van der Waals surface area (Å²) in [5.74, 6) is -0.770. The van der Waals surface area contributed by atoms with Crippen LogP contribution in [0.3, 0.4) is 0 Å². The van der Waals surface area contributed by atoms with Gasteiger partial charge in [0, 0.05) is 23.5 Å². The van der Waals surface area contributed by atoms with E-state index in [2.05, 4.69) is 15.6 Å². The zero-order chi connectivity index (χ0) is 25.4. The molecule has 0 saturated heterocycles. The van der Waals surface area contributed by atoms with Gasteiger partial charge in [-0.05, 0) is 29.7 Å². The van der Waals surface area contributed by atoms with Crippen LogP contribution in [0.4, 0.5) is 5.13 Å². The van der Waals surface area contributed by atoms with E-state index in [0.717, 1.165) is 5.56 Å². The average molecular weight is 533 g/mol. The van der Waals surface area contributed by atoms with Crippen molar-refractivity contribution >= 4 is 57.4 Å². The number of carbonyl (C=O) groups is 3.